The first kappa shape index (κ1) is 12.9. The molecule has 1 fully saturated rings. The molecule has 2 heterocycles. The molecule has 0 unspecified atom stereocenters. The molecular formula is C15H17ClN2O. The topological polar surface area (TPSA) is 45.9 Å². The van der Waals surface area contributed by atoms with E-state index in [1.54, 1.807) is 0 Å². The van der Waals surface area contributed by atoms with Crippen molar-refractivity contribution in [1.29, 1.82) is 5.26 Å². The second-order valence-electron chi connectivity index (χ2n) is 5.29. The summed E-state index contributed by atoms with van der Waals surface area (Å²) in [5.41, 5.74) is 3.95. The SMILES string of the molecule is N#Cc1c(Cl)nc([C@H]2CCCO2)c2c1CCCCC2. The van der Waals surface area contributed by atoms with Gasteiger partial charge in [-0.05, 0) is 49.7 Å². The van der Waals surface area contributed by atoms with Crippen LogP contribution < -0.4 is 0 Å². The Kier molecular flexibility index (Phi) is 3.72. The summed E-state index contributed by atoms with van der Waals surface area (Å²) in [6.45, 7) is 0.804. The lowest BCUT2D eigenvalue weighted by atomic mass is 9.94. The average Bonchev–Trinajstić information content (AvgIpc) is 2.83. The van der Waals surface area contributed by atoms with Crippen LogP contribution in [0, 0.1) is 11.3 Å². The highest BCUT2D eigenvalue weighted by Gasteiger charge is 2.27. The van der Waals surface area contributed by atoms with Crippen molar-refractivity contribution in [1.82, 2.24) is 4.98 Å². The predicted molar refractivity (Wildman–Crippen MR) is 73.1 cm³/mol. The minimum absolute atomic E-state index is 0.0806. The summed E-state index contributed by atoms with van der Waals surface area (Å²) in [7, 11) is 0. The van der Waals surface area contributed by atoms with Gasteiger partial charge in [0.2, 0.25) is 0 Å². The molecule has 0 N–H and O–H groups in total. The zero-order valence-electron chi connectivity index (χ0n) is 10.9. The fourth-order valence-electron chi connectivity index (χ4n) is 3.17. The molecule has 3 rings (SSSR count). The van der Waals surface area contributed by atoms with Gasteiger partial charge in [0.15, 0.2) is 0 Å². The number of aromatic nitrogens is 1. The van der Waals surface area contributed by atoms with E-state index in [1.807, 2.05) is 0 Å². The van der Waals surface area contributed by atoms with Crippen molar-refractivity contribution >= 4 is 11.6 Å². The van der Waals surface area contributed by atoms with Gasteiger partial charge < -0.3 is 4.74 Å². The maximum atomic E-state index is 9.32. The molecule has 0 spiro atoms. The largest absolute Gasteiger partial charge is 0.372 e. The van der Waals surface area contributed by atoms with Crippen molar-refractivity contribution in [3.05, 3.63) is 27.5 Å². The first-order chi connectivity index (χ1) is 9.31. The van der Waals surface area contributed by atoms with Crippen molar-refractivity contribution in [3.8, 4) is 6.07 Å². The summed E-state index contributed by atoms with van der Waals surface area (Å²) < 4.78 is 5.77. The van der Waals surface area contributed by atoms with Gasteiger partial charge in [0.1, 0.15) is 11.2 Å². The molecule has 100 valence electrons. The fraction of sp³-hybridized carbons (Fsp3) is 0.600. The van der Waals surface area contributed by atoms with Crippen LogP contribution in [0.4, 0.5) is 0 Å². The molecule has 3 nitrogen and oxygen atoms in total. The highest BCUT2D eigenvalue weighted by Crippen LogP contribution is 2.36. The summed E-state index contributed by atoms with van der Waals surface area (Å²) >= 11 is 6.21. The van der Waals surface area contributed by atoms with Crippen LogP contribution in [0.15, 0.2) is 0 Å². The average molecular weight is 277 g/mol. The van der Waals surface area contributed by atoms with Crippen LogP contribution in [0.2, 0.25) is 5.15 Å². The van der Waals surface area contributed by atoms with E-state index in [0.29, 0.717) is 10.7 Å². The number of pyridine rings is 1. The maximum Gasteiger partial charge on any atom is 0.147 e. The zero-order chi connectivity index (χ0) is 13.2. The van der Waals surface area contributed by atoms with Crippen LogP contribution in [-0.4, -0.2) is 11.6 Å². The van der Waals surface area contributed by atoms with Gasteiger partial charge in [-0.2, -0.15) is 5.26 Å². The minimum atomic E-state index is 0.0806. The third-order valence-corrected chi connectivity index (χ3v) is 4.37. The summed E-state index contributed by atoms with van der Waals surface area (Å²) in [6.07, 6.45) is 7.64. The van der Waals surface area contributed by atoms with Crippen molar-refractivity contribution in [2.75, 3.05) is 6.61 Å². The number of rotatable bonds is 1. The van der Waals surface area contributed by atoms with Crippen LogP contribution in [0.3, 0.4) is 0 Å². The Hall–Kier alpha value is -1.11. The van der Waals surface area contributed by atoms with Crippen LogP contribution in [0.5, 0.6) is 0 Å². The summed E-state index contributed by atoms with van der Waals surface area (Å²) in [6, 6.07) is 2.23. The first-order valence-electron chi connectivity index (χ1n) is 7.04. The molecule has 4 heteroatoms. The van der Waals surface area contributed by atoms with Gasteiger partial charge in [0, 0.05) is 6.61 Å². The van der Waals surface area contributed by atoms with E-state index in [4.69, 9.17) is 16.3 Å². The molecular weight excluding hydrogens is 260 g/mol. The summed E-state index contributed by atoms with van der Waals surface area (Å²) in [4.78, 5) is 4.50. The molecule has 1 saturated heterocycles. The van der Waals surface area contributed by atoms with Crippen molar-refractivity contribution in [2.45, 2.75) is 51.0 Å². The normalized spacial score (nSPS) is 22.6. The second-order valence-corrected chi connectivity index (χ2v) is 5.65. The molecule has 2 aliphatic rings. The number of nitriles is 1. The van der Waals surface area contributed by atoms with E-state index >= 15 is 0 Å². The summed E-state index contributed by atoms with van der Waals surface area (Å²) in [5.74, 6) is 0. The maximum absolute atomic E-state index is 9.32. The molecule has 0 radical (unpaired) electrons. The van der Waals surface area contributed by atoms with E-state index in [-0.39, 0.29) is 6.10 Å². The standard InChI is InChI=1S/C15H17ClN2O/c16-15-12(9-17)10-5-2-1-3-6-11(10)14(18-15)13-7-4-8-19-13/h13H,1-8H2/t13-/m1/s1. The molecule has 0 saturated carbocycles. The van der Waals surface area contributed by atoms with Crippen LogP contribution in [-0.2, 0) is 17.6 Å². The quantitative estimate of drug-likeness (QED) is 0.580. The predicted octanol–water partition coefficient (Wildman–Crippen LogP) is 3.73. The van der Waals surface area contributed by atoms with Crippen molar-refractivity contribution < 1.29 is 4.74 Å². The Labute approximate surface area is 118 Å². The van der Waals surface area contributed by atoms with Crippen molar-refractivity contribution in [2.24, 2.45) is 0 Å². The van der Waals surface area contributed by atoms with Gasteiger partial charge >= 0.3 is 0 Å². The fourth-order valence-corrected chi connectivity index (χ4v) is 3.41. The van der Waals surface area contributed by atoms with E-state index in [1.165, 1.54) is 18.4 Å². The van der Waals surface area contributed by atoms with Crippen LogP contribution in [0.25, 0.3) is 0 Å². The molecule has 19 heavy (non-hydrogen) atoms. The van der Waals surface area contributed by atoms with Gasteiger partial charge in [-0.1, -0.05) is 18.0 Å². The van der Waals surface area contributed by atoms with Gasteiger partial charge in [-0.15, -0.1) is 0 Å². The number of fused-ring (bicyclic) bond motifs is 1. The Bertz CT molecular complexity index is 530. The molecule has 1 aromatic heterocycles. The molecule has 1 aliphatic heterocycles. The van der Waals surface area contributed by atoms with E-state index in [9.17, 15) is 5.26 Å². The van der Waals surface area contributed by atoms with Crippen LogP contribution in [0.1, 0.15) is 60.6 Å². The lowest BCUT2D eigenvalue weighted by Gasteiger charge is -2.18. The Morgan fingerprint density at radius 2 is 1.95 bits per heavy atom. The number of nitrogens with zero attached hydrogens (tertiary/aromatic N) is 2. The Morgan fingerprint density at radius 3 is 2.63 bits per heavy atom. The molecule has 0 bridgehead atoms. The highest BCUT2D eigenvalue weighted by molar-refractivity contribution is 6.30. The molecule has 0 amide bonds. The monoisotopic (exact) mass is 276 g/mol. The summed E-state index contributed by atoms with van der Waals surface area (Å²) in [5, 5.41) is 9.67. The number of ether oxygens (including phenoxy) is 1. The number of hydrogen-bond donors (Lipinski definition) is 0. The van der Waals surface area contributed by atoms with Gasteiger partial charge in [0.25, 0.3) is 0 Å². The smallest absolute Gasteiger partial charge is 0.147 e. The number of halogens is 1. The molecule has 1 aromatic rings. The molecule has 1 atom stereocenters. The van der Waals surface area contributed by atoms with Gasteiger partial charge in [-0.3, -0.25) is 0 Å². The van der Waals surface area contributed by atoms with Gasteiger partial charge in [-0.25, -0.2) is 4.98 Å². The first-order valence-corrected chi connectivity index (χ1v) is 7.42. The Morgan fingerprint density at radius 1 is 1.16 bits per heavy atom. The lowest BCUT2D eigenvalue weighted by Crippen LogP contribution is -2.10. The van der Waals surface area contributed by atoms with Gasteiger partial charge in [0.05, 0.1) is 17.4 Å². The third-order valence-electron chi connectivity index (χ3n) is 4.10. The van der Waals surface area contributed by atoms with E-state index in [0.717, 1.165) is 50.0 Å². The van der Waals surface area contributed by atoms with Crippen molar-refractivity contribution in [3.63, 3.8) is 0 Å². The lowest BCUT2D eigenvalue weighted by molar-refractivity contribution is 0.108. The van der Waals surface area contributed by atoms with Crippen LogP contribution >= 0.6 is 11.6 Å². The second kappa shape index (κ2) is 5.48. The Balaban J connectivity index is 2.14. The minimum Gasteiger partial charge on any atom is -0.372 e. The zero-order valence-corrected chi connectivity index (χ0v) is 11.7. The van der Waals surface area contributed by atoms with E-state index in [2.05, 4.69) is 11.1 Å². The van der Waals surface area contributed by atoms with E-state index < -0.39 is 0 Å². The number of hydrogen-bond acceptors (Lipinski definition) is 3. The molecule has 1 aliphatic carbocycles. The molecule has 0 aromatic carbocycles. The highest BCUT2D eigenvalue weighted by atomic mass is 35.5. The third kappa shape index (κ3) is 2.35.